The highest BCUT2D eigenvalue weighted by Gasteiger charge is 2.33. The van der Waals surface area contributed by atoms with Crippen molar-refractivity contribution in [1.82, 2.24) is 20.3 Å². The maximum absolute atomic E-state index is 12.7. The van der Waals surface area contributed by atoms with Crippen molar-refractivity contribution in [3.8, 4) is 5.75 Å². The smallest absolute Gasteiger partial charge is 0.237 e. The van der Waals surface area contributed by atoms with Crippen LogP contribution in [-0.4, -0.2) is 59.6 Å². The lowest BCUT2D eigenvalue weighted by atomic mass is 10.1. The van der Waals surface area contributed by atoms with E-state index >= 15 is 0 Å². The fourth-order valence-electron chi connectivity index (χ4n) is 3.29. The van der Waals surface area contributed by atoms with E-state index in [1.165, 1.54) is 0 Å². The van der Waals surface area contributed by atoms with Crippen LogP contribution in [0, 0.1) is 0 Å². The number of hydrogen-bond acceptors (Lipinski definition) is 6. The minimum atomic E-state index is -0.520. The van der Waals surface area contributed by atoms with Gasteiger partial charge in [-0.3, -0.25) is 14.5 Å². The molecular weight excluding hydrogens is 360 g/mol. The second kappa shape index (κ2) is 9.36. The minimum absolute atomic E-state index is 0.104. The van der Waals surface area contributed by atoms with E-state index in [1.54, 1.807) is 24.2 Å². The van der Waals surface area contributed by atoms with Gasteiger partial charge in [0.15, 0.2) is 5.76 Å². The number of nitrogens with zero attached hydrogens (tertiary/aromatic N) is 3. The van der Waals surface area contributed by atoms with Crippen LogP contribution in [0.3, 0.4) is 0 Å². The van der Waals surface area contributed by atoms with E-state index in [4.69, 9.17) is 9.26 Å². The van der Waals surface area contributed by atoms with Crippen molar-refractivity contribution >= 4 is 11.8 Å². The van der Waals surface area contributed by atoms with Gasteiger partial charge in [-0.15, -0.1) is 0 Å². The SMILES string of the molecule is CCOc1ccccc1CN1CCNC(=O)[C@H]1CC(=O)N(C)Cc1ccno1. The summed E-state index contributed by atoms with van der Waals surface area (Å²) in [5.74, 6) is 1.16. The molecule has 1 aliphatic heterocycles. The fraction of sp³-hybridized carbons (Fsp3) is 0.450. The monoisotopic (exact) mass is 386 g/mol. The van der Waals surface area contributed by atoms with Crippen LogP contribution < -0.4 is 10.1 Å². The van der Waals surface area contributed by atoms with Crippen molar-refractivity contribution in [3.63, 3.8) is 0 Å². The second-order valence-corrected chi connectivity index (χ2v) is 6.75. The first-order valence-corrected chi connectivity index (χ1v) is 9.44. The molecule has 0 saturated carbocycles. The lowest BCUT2D eigenvalue weighted by molar-refractivity contribution is -0.138. The quantitative estimate of drug-likeness (QED) is 0.738. The molecule has 1 aliphatic rings. The molecule has 8 nitrogen and oxygen atoms in total. The summed E-state index contributed by atoms with van der Waals surface area (Å²) in [6.07, 6.45) is 1.65. The van der Waals surface area contributed by atoms with Gasteiger partial charge in [0.1, 0.15) is 5.75 Å². The summed E-state index contributed by atoms with van der Waals surface area (Å²) in [4.78, 5) is 28.8. The Kier molecular flexibility index (Phi) is 6.65. The number of benzene rings is 1. The van der Waals surface area contributed by atoms with E-state index in [-0.39, 0.29) is 18.2 Å². The fourth-order valence-corrected chi connectivity index (χ4v) is 3.29. The van der Waals surface area contributed by atoms with Crippen LogP contribution in [0.15, 0.2) is 41.1 Å². The average Bonchev–Trinajstić information content (AvgIpc) is 3.19. The zero-order valence-electron chi connectivity index (χ0n) is 16.3. The number of amides is 2. The lowest BCUT2D eigenvalue weighted by Gasteiger charge is -2.35. The van der Waals surface area contributed by atoms with Crippen molar-refractivity contribution in [2.45, 2.75) is 32.5 Å². The van der Waals surface area contributed by atoms with Crippen molar-refractivity contribution in [3.05, 3.63) is 47.9 Å². The zero-order chi connectivity index (χ0) is 19.9. The zero-order valence-corrected chi connectivity index (χ0v) is 16.3. The minimum Gasteiger partial charge on any atom is -0.494 e. The van der Waals surface area contributed by atoms with Crippen molar-refractivity contribution in [2.75, 3.05) is 26.7 Å². The molecule has 2 amide bonds. The molecule has 1 saturated heterocycles. The van der Waals surface area contributed by atoms with Gasteiger partial charge in [-0.1, -0.05) is 23.4 Å². The standard InChI is InChI=1S/C20H26N4O4/c1-3-27-18-7-5-4-6-15(18)13-24-11-10-21-20(26)17(24)12-19(25)23(2)14-16-8-9-22-28-16/h4-9,17H,3,10-14H2,1-2H3,(H,21,26)/t17-/m1/s1. The molecule has 8 heteroatoms. The number of carbonyl (C=O) groups is 2. The van der Waals surface area contributed by atoms with Crippen LogP contribution in [0.25, 0.3) is 0 Å². The van der Waals surface area contributed by atoms with Gasteiger partial charge in [-0.25, -0.2) is 0 Å². The molecule has 0 bridgehead atoms. The normalized spacial score (nSPS) is 17.2. The predicted octanol–water partition coefficient (Wildman–Crippen LogP) is 1.42. The van der Waals surface area contributed by atoms with Crippen LogP contribution in [0.2, 0.25) is 0 Å². The topological polar surface area (TPSA) is 87.9 Å². The number of ether oxygens (including phenoxy) is 1. The van der Waals surface area contributed by atoms with E-state index in [0.29, 0.717) is 38.5 Å². The summed E-state index contributed by atoms with van der Waals surface area (Å²) in [5.41, 5.74) is 1.01. The van der Waals surface area contributed by atoms with E-state index in [1.807, 2.05) is 36.1 Å². The first-order valence-electron chi connectivity index (χ1n) is 9.44. The number of rotatable bonds is 8. The highest BCUT2D eigenvalue weighted by molar-refractivity contribution is 5.88. The summed E-state index contributed by atoms with van der Waals surface area (Å²) in [6.45, 7) is 4.63. The molecule has 1 aromatic carbocycles. The van der Waals surface area contributed by atoms with Gasteiger partial charge in [-0.05, 0) is 13.0 Å². The molecule has 28 heavy (non-hydrogen) atoms. The molecule has 0 spiro atoms. The molecule has 0 unspecified atom stereocenters. The van der Waals surface area contributed by atoms with Crippen LogP contribution in [0.1, 0.15) is 24.7 Å². The Hall–Kier alpha value is -2.87. The van der Waals surface area contributed by atoms with Gasteiger partial charge >= 0.3 is 0 Å². The van der Waals surface area contributed by atoms with Gasteiger partial charge in [-0.2, -0.15) is 0 Å². The first-order chi connectivity index (χ1) is 13.6. The Morgan fingerprint density at radius 3 is 2.96 bits per heavy atom. The van der Waals surface area contributed by atoms with Crippen molar-refractivity contribution in [2.24, 2.45) is 0 Å². The van der Waals surface area contributed by atoms with Crippen LogP contribution in [0.4, 0.5) is 0 Å². The third-order valence-corrected chi connectivity index (χ3v) is 4.77. The molecular formula is C20H26N4O4. The highest BCUT2D eigenvalue weighted by atomic mass is 16.5. The molecule has 1 N–H and O–H groups in total. The molecule has 2 aromatic rings. The maximum Gasteiger partial charge on any atom is 0.237 e. The Balaban J connectivity index is 1.68. The predicted molar refractivity (Wildman–Crippen MR) is 102 cm³/mol. The Bertz CT molecular complexity index is 793. The van der Waals surface area contributed by atoms with E-state index in [0.717, 1.165) is 11.3 Å². The molecule has 1 aromatic heterocycles. The molecule has 150 valence electrons. The second-order valence-electron chi connectivity index (χ2n) is 6.75. The molecule has 0 radical (unpaired) electrons. The Labute approximate surface area is 164 Å². The molecule has 0 aliphatic carbocycles. The third-order valence-electron chi connectivity index (χ3n) is 4.77. The first kappa shape index (κ1) is 19.9. The van der Waals surface area contributed by atoms with E-state index in [2.05, 4.69) is 10.5 Å². The summed E-state index contributed by atoms with van der Waals surface area (Å²) < 4.78 is 10.8. The molecule has 3 rings (SSSR count). The van der Waals surface area contributed by atoms with Crippen LogP contribution in [0.5, 0.6) is 5.75 Å². The number of para-hydroxylation sites is 1. The number of carbonyl (C=O) groups excluding carboxylic acids is 2. The van der Waals surface area contributed by atoms with Gasteiger partial charge in [0.25, 0.3) is 0 Å². The Morgan fingerprint density at radius 1 is 1.39 bits per heavy atom. The highest BCUT2D eigenvalue weighted by Crippen LogP contribution is 2.22. The third kappa shape index (κ3) is 4.89. The van der Waals surface area contributed by atoms with E-state index < -0.39 is 6.04 Å². The molecule has 1 atom stereocenters. The van der Waals surface area contributed by atoms with Gasteiger partial charge < -0.3 is 19.5 Å². The number of piperazine rings is 1. The largest absolute Gasteiger partial charge is 0.494 e. The van der Waals surface area contributed by atoms with Crippen LogP contribution >= 0.6 is 0 Å². The number of aromatic nitrogens is 1. The van der Waals surface area contributed by atoms with Crippen LogP contribution in [-0.2, 0) is 22.7 Å². The lowest BCUT2D eigenvalue weighted by Crippen LogP contribution is -2.56. The van der Waals surface area contributed by atoms with Gasteiger partial charge in [0.2, 0.25) is 11.8 Å². The summed E-state index contributed by atoms with van der Waals surface area (Å²) in [6, 6.07) is 8.99. The van der Waals surface area contributed by atoms with E-state index in [9.17, 15) is 9.59 Å². The maximum atomic E-state index is 12.7. The summed E-state index contributed by atoms with van der Waals surface area (Å²) in [7, 11) is 1.69. The van der Waals surface area contributed by atoms with Crippen molar-refractivity contribution < 1.29 is 18.8 Å². The number of hydrogen-bond donors (Lipinski definition) is 1. The summed E-state index contributed by atoms with van der Waals surface area (Å²) in [5, 5.41) is 6.51. The summed E-state index contributed by atoms with van der Waals surface area (Å²) >= 11 is 0. The molecule has 2 heterocycles. The average molecular weight is 386 g/mol. The molecule has 1 fully saturated rings. The number of nitrogens with one attached hydrogen (secondary N) is 1. The van der Waals surface area contributed by atoms with Gasteiger partial charge in [0, 0.05) is 38.3 Å². The Morgan fingerprint density at radius 2 is 2.21 bits per heavy atom. The van der Waals surface area contributed by atoms with Crippen molar-refractivity contribution in [1.29, 1.82) is 0 Å². The van der Waals surface area contributed by atoms with Gasteiger partial charge in [0.05, 0.1) is 31.8 Å².